The van der Waals surface area contributed by atoms with Crippen molar-refractivity contribution in [1.82, 2.24) is 4.57 Å². The number of nitrogens with zero attached hydrogens (tertiary/aromatic N) is 3. The molecule has 10 rings (SSSR count). The summed E-state index contributed by atoms with van der Waals surface area (Å²) < 4.78 is 2.37. The van der Waals surface area contributed by atoms with Gasteiger partial charge in [0.15, 0.2) is 5.84 Å². The van der Waals surface area contributed by atoms with Gasteiger partial charge in [0.25, 0.3) is 0 Å². The molecule has 0 fully saturated rings. The minimum Gasteiger partial charge on any atom is -0.383 e. The van der Waals surface area contributed by atoms with E-state index in [1.807, 2.05) is 66.7 Å². The average molecular weight is 748 g/mol. The lowest BCUT2D eigenvalue weighted by atomic mass is 10.0. The zero-order valence-electron chi connectivity index (χ0n) is 32.1. The summed E-state index contributed by atoms with van der Waals surface area (Å²) in [6, 6.07) is 68.9. The van der Waals surface area contributed by atoms with Crippen molar-refractivity contribution < 1.29 is 0 Å². The van der Waals surface area contributed by atoms with Crippen LogP contribution in [-0.4, -0.2) is 16.2 Å². The fourth-order valence-electron chi connectivity index (χ4n) is 7.69. The Morgan fingerprint density at radius 2 is 1.09 bits per heavy atom. The minimum atomic E-state index is 0.134. The maximum absolute atomic E-state index is 8.46. The lowest BCUT2D eigenvalue weighted by Gasteiger charge is -2.27. The van der Waals surface area contributed by atoms with Crippen molar-refractivity contribution in [3.8, 4) is 16.8 Å². The number of hydrogen-bond donors (Lipinski definition) is 2. The van der Waals surface area contributed by atoms with Crippen LogP contribution in [0.15, 0.2) is 205 Å². The molecule has 9 aromatic rings. The molecule has 0 unspecified atom stereocenters. The molecule has 0 radical (unpaired) electrons. The van der Waals surface area contributed by atoms with Crippen molar-refractivity contribution in [1.29, 1.82) is 5.41 Å². The molecule has 278 valence electrons. The summed E-state index contributed by atoms with van der Waals surface area (Å²) in [4.78, 5) is 6.80. The molecule has 58 heavy (non-hydrogen) atoms. The van der Waals surface area contributed by atoms with Gasteiger partial charge in [-0.3, -0.25) is 5.41 Å². The Morgan fingerprint density at radius 1 is 0.483 bits per heavy atom. The van der Waals surface area contributed by atoms with Crippen LogP contribution in [-0.2, 0) is 0 Å². The minimum absolute atomic E-state index is 0.134. The number of aliphatic imine (C=N–C) groups is 1. The Balaban J connectivity index is 0.000000565. The van der Waals surface area contributed by atoms with Crippen LogP contribution in [0.5, 0.6) is 0 Å². The van der Waals surface area contributed by atoms with E-state index in [-0.39, 0.29) is 5.84 Å². The van der Waals surface area contributed by atoms with Gasteiger partial charge in [0.05, 0.1) is 22.4 Å². The van der Waals surface area contributed by atoms with Gasteiger partial charge in [-0.2, -0.15) is 0 Å². The zero-order valence-corrected chi connectivity index (χ0v) is 32.1. The summed E-state index contributed by atoms with van der Waals surface area (Å²) in [7, 11) is 0. The molecular weight excluding hydrogens is 707 g/mol. The molecular formula is C53H41N5. The molecule has 0 aliphatic carbocycles. The number of fused-ring (bicyclic) bond motifs is 5. The maximum atomic E-state index is 8.46. The number of para-hydroxylation sites is 3. The number of rotatable bonds is 5. The zero-order chi connectivity index (χ0) is 39.4. The number of anilines is 3. The van der Waals surface area contributed by atoms with E-state index in [0.29, 0.717) is 5.84 Å². The van der Waals surface area contributed by atoms with E-state index in [1.54, 1.807) is 0 Å². The SMILES string of the molecule is Cc1ccccc1.N=C(N=C(N)c1cccc(-c2cccc(-n3c4ccccc4c4cc5c(cc43)N(c3ccccc3)c3ccccc3C=C5)c2)c1)c1ccccc1. The van der Waals surface area contributed by atoms with E-state index < -0.39 is 0 Å². The molecule has 5 heteroatoms. The van der Waals surface area contributed by atoms with E-state index in [2.05, 4.69) is 167 Å². The molecule has 0 spiro atoms. The van der Waals surface area contributed by atoms with E-state index in [0.717, 1.165) is 61.6 Å². The van der Waals surface area contributed by atoms with Gasteiger partial charge in [0.2, 0.25) is 0 Å². The highest BCUT2D eigenvalue weighted by Crippen LogP contribution is 2.45. The molecule has 0 bridgehead atoms. The monoisotopic (exact) mass is 747 g/mol. The Bertz CT molecular complexity index is 2980. The molecule has 0 atom stereocenters. The molecule has 3 N–H and O–H groups in total. The third-order valence-corrected chi connectivity index (χ3v) is 10.5. The van der Waals surface area contributed by atoms with Crippen LogP contribution in [0.4, 0.5) is 17.1 Å². The van der Waals surface area contributed by atoms with Gasteiger partial charge in [-0.15, -0.1) is 0 Å². The van der Waals surface area contributed by atoms with Crippen molar-refractivity contribution in [3.63, 3.8) is 0 Å². The second kappa shape index (κ2) is 15.8. The van der Waals surface area contributed by atoms with Gasteiger partial charge in [-0.1, -0.05) is 163 Å². The van der Waals surface area contributed by atoms with Crippen molar-refractivity contribution in [2.45, 2.75) is 6.92 Å². The first-order valence-corrected chi connectivity index (χ1v) is 19.4. The normalized spacial score (nSPS) is 12.0. The number of aromatic nitrogens is 1. The van der Waals surface area contributed by atoms with E-state index in [4.69, 9.17) is 11.1 Å². The molecule has 0 saturated carbocycles. The second-order valence-corrected chi connectivity index (χ2v) is 14.3. The number of aryl methyl sites for hydroxylation is 1. The average Bonchev–Trinajstić information content (AvgIpc) is 3.50. The summed E-state index contributed by atoms with van der Waals surface area (Å²) in [6.07, 6.45) is 4.47. The van der Waals surface area contributed by atoms with Crippen molar-refractivity contribution >= 4 is 62.7 Å². The van der Waals surface area contributed by atoms with Crippen LogP contribution in [0.1, 0.15) is 27.8 Å². The highest BCUT2D eigenvalue weighted by Gasteiger charge is 2.23. The van der Waals surface area contributed by atoms with Gasteiger partial charge >= 0.3 is 0 Å². The highest BCUT2D eigenvalue weighted by molar-refractivity contribution is 6.13. The number of nitrogens with two attached hydrogens (primary N) is 1. The van der Waals surface area contributed by atoms with Crippen LogP contribution in [0.25, 0.3) is 50.8 Å². The number of amidine groups is 2. The van der Waals surface area contributed by atoms with Gasteiger partial charge in [-0.05, 0) is 83.8 Å². The van der Waals surface area contributed by atoms with Crippen molar-refractivity contribution in [2.24, 2.45) is 10.7 Å². The van der Waals surface area contributed by atoms with Crippen LogP contribution in [0, 0.1) is 12.3 Å². The van der Waals surface area contributed by atoms with E-state index in [9.17, 15) is 0 Å². The van der Waals surface area contributed by atoms with Gasteiger partial charge < -0.3 is 15.2 Å². The summed E-state index contributed by atoms with van der Waals surface area (Å²) in [5.41, 5.74) is 20.4. The van der Waals surface area contributed by atoms with Gasteiger partial charge in [0, 0.05) is 33.3 Å². The Morgan fingerprint density at radius 3 is 1.84 bits per heavy atom. The largest absolute Gasteiger partial charge is 0.383 e. The standard InChI is InChI=1S/C46H33N5.C7H8/c47-45(32-14-3-1-4-15-32)49-46(48)36-18-11-16-33(27-36)34-17-12-21-38(28-34)51-42-24-10-8-22-39(42)40-29-35-26-25-31-13-7-9-23-41(31)50(43(35)30-44(40)51)37-19-5-2-6-20-37;1-7-5-3-2-4-6-7/h1-30H,(H3,47,48,49);2-6H,1H3. The number of benzene rings is 8. The lowest BCUT2D eigenvalue weighted by molar-refractivity contribution is 1.18. The smallest absolute Gasteiger partial charge is 0.154 e. The Kier molecular flexibility index (Phi) is 9.76. The fraction of sp³-hybridized carbons (Fsp3) is 0.0189. The van der Waals surface area contributed by atoms with E-state index in [1.165, 1.54) is 21.9 Å². The lowest BCUT2D eigenvalue weighted by Crippen LogP contribution is -2.16. The Labute approximate surface area is 338 Å². The molecule has 1 aliphatic heterocycles. The first-order chi connectivity index (χ1) is 28.5. The third kappa shape index (κ3) is 7.09. The molecule has 8 aromatic carbocycles. The quantitative estimate of drug-likeness (QED) is 0.136. The van der Waals surface area contributed by atoms with Crippen LogP contribution in [0.3, 0.4) is 0 Å². The van der Waals surface area contributed by atoms with Crippen molar-refractivity contribution in [3.05, 3.63) is 228 Å². The first kappa shape index (κ1) is 35.9. The topological polar surface area (TPSA) is 70.4 Å². The molecule has 5 nitrogen and oxygen atoms in total. The number of nitrogens with one attached hydrogen (secondary N) is 1. The van der Waals surface area contributed by atoms with Crippen LogP contribution < -0.4 is 10.6 Å². The molecule has 1 aliphatic rings. The molecule has 0 saturated heterocycles. The Hall–Kier alpha value is -7.76. The summed E-state index contributed by atoms with van der Waals surface area (Å²) in [6.45, 7) is 2.08. The summed E-state index contributed by atoms with van der Waals surface area (Å²) in [5, 5.41) is 10.9. The third-order valence-electron chi connectivity index (χ3n) is 10.5. The second-order valence-electron chi connectivity index (χ2n) is 14.3. The molecule has 1 aromatic heterocycles. The predicted octanol–water partition coefficient (Wildman–Crippen LogP) is 13.1. The molecule has 0 amide bonds. The van der Waals surface area contributed by atoms with Crippen LogP contribution in [0.2, 0.25) is 0 Å². The highest BCUT2D eigenvalue weighted by atomic mass is 15.2. The summed E-state index contributed by atoms with van der Waals surface area (Å²) >= 11 is 0. The number of hydrogen-bond acceptors (Lipinski definition) is 2. The van der Waals surface area contributed by atoms with Crippen molar-refractivity contribution in [2.75, 3.05) is 4.90 Å². The molecule has 2 heterocycles. The van der Waals surface area contributed by atoms with Crippen LogP contribution >= 0.6 is 0 Å². The van der Waals surface area contributed by atoms with E-state index >= 15 is 0 Å². The van der Waals surface area contributed by atoms with Gasteiger partial charge in [-0.25, -0.2) is 4.99 Å². The summed E-state index contributed by atoms with van der Waals surface area (Å²) in [5.74, 6) is 0.443. The predicted molar refractivity (Wildman–Crippen MR) is 245 cm³/mol. The maximum Gasteiger partial charge on any atom is 0.154 e. The van der Waals surface area contributed by atoms with Gasteiger partial charge in [0.1, 0.15) is 5.84 Å². The first-order valence-electron chi connectivity index (χ1n) is 19.4. The fourth-order valence-corrected chi connectivity index (χ4v) is 7.69.